The molecule has 0 N–H and O–H groups in total. The molecule has 0 saturated heterocycles. The molecule has 10 heavy (non-hydrogen) atoms. The van der Waals surface area contributed by atoms with Crippen LogP contribution in [0.15, 0.2) is 0 Å². The molecule has 1 atom stereocenters. The van der Waals surface area contributed by atoms with E-state index in [0.717, 1.165) is 5.92 Å². The SMILES string of the molecule is CCCCC(S)CC(C)C. The van der Waals surface area contributed by atoms with Crippen molar-refractivity contribution in [3.05, 3.63) is 0 Å². The lowest BCUT2D eigenvalue weighted by molar-refractivity contribution is 0.538. The molecule has 0 rings (SSSR count). The van der Waals surface area contributed by atoms with E-state index in [1.807, 2.05) is 0 Å². The molecule has 0 saturated carbocycles. The molecule has 0 spiro atoms. The number of unbranched alkanes of at least 4 members (excludes halogenated alkanes) is 1. The Labute approximate surface area is 70.8 Å². The van der Waals surface area contributed by atoms with Crippen LogP contribution in [0.25, 0.3) is 0 Å². The molecule has 0 aliphatic heterocycles. The van der Waals surface area contributed by atoms with Crippen LogP contribution >= 0.6 is 12.6 Å². The molecule has 0 bridgehead atoms. The van der Waals surface area contributed by atoms with Gasteiger partial charge >= 0.3 is 0 Å². The van der Waals surface area contributed by atoms with Crippen LogP contribution in [0.4, 0.5) is 0 Å². The molecule has 62 valence electrons. The topological polar surface area (TPSA) is 0 Å². The largest absolute Gasteiger partial charge is 0.176 e. The van der Waals surface area contributed by atoms with Gasteiger partial charge in [0.05, 0.1) is 0 Å². The van der Waals surface area contributed by atoms with Crippen molar-refractivity contribution in [3.63, 3.8) is 0 Å². The summed E-state index contributed by atoms with van der Waals surface area (Å²) in [6, 6.07) is 0. The minimum absolute atomic E-state index is 0.639. The Morgan fingerprint density at radius 1 is 1.30 bits per heavy atom. The van der Waals surface area contributed by atoms with Crippen LogP contribution in [0, 0.1) is 5.92 Å². The van der Waals surface area contributed by atoms with E-state index >= 15 is 0 Å². The van der Waals surface area contributed by atoms with E-state index in [1.54, 1.807) is 0 Å². The first-order chi connectivity index (χ1) is 4.66. The maximum Gasteiger partial charge on any atom is 0.00192 e. The highest BCUT2D eigenvalue weighted by atomic mass is 32.1. The summed E-state index contributed by atoms with van der Waals surface area (Å²) in [4.78, 5) is 0. The van der Waals surface area contributed by atoms with Crippen LogP contribution in [0.5, 0.6) is 0 Å². The lowest BCUT2D eigenvalue weighted by Gasteiger charge is -2.11. The Balaban J connectivity index is 3.16. The van der Waals surface area contributed by atoms with E-state index in [4.69, 9.17) is 0 Å². The van der Waals surface area contributed by atoms with Gasteiger partial charge < -0.3 is 0 Å². The molecule has 0 aromatic heterocycles. The summed E-state index contributed by atoms with van der Waals surface area (Å²) in [5.74, 6) is 0.805. The van der Waals surface area contributed by atoms with Crippen LogP contribution < -0.4 is 0 Å². The van der Waals surface area contributed by atoms with Crippen LogP contribution in [0.1, 0.15) is 46.5 Å². The molecule has 1 heteroatoms. The lowest BCUT2D eigenvalue weighted by atomic mass is 10.0. The fraction of sp³-hybridized carbons (Fsp3) is 1.00. The summed E-state index contributed by atoms with van der Waals surface area (Å²) < 4.78 is 0. The van der Waals surface area contributed by atoms with Crippen molar-refractivity contribution < 1.29 is 0 Å². The quantitative estimate of drug-likeness (QED) is 0.584. The third-order valence-corrected chi connectivity index (χ3v) is 2.10. The van der Waals surface area contributed by atoms with Crippen LogP contribution in [0.2, 0.25) is 0 Å². The van der Waals surface area contributed by atoms with Crippen molar-refractivity contribution >= 4 is 12.6 Å². The zero-order valence-electron chi connectivity index (χ0n) is 7.43. The second kappa shape index (κ2) is 6.09. The Morgan fingerprint density at radius 2 is 1.90 bits per heavy atom. The maximum absolute atomic E-state index is 4.50. The molecule has 0 aliphatic rings. The zero-order chi connectivity index (χ0) is 7.98. The van der Waals surface area contributed by atoms with Gasteiger partial charge in [0.25, 0.3) is 0 Å². The third-order valence-electron chi connectivity index (χ3n) is 1.63. The van der Waals surface area contributed by atoms with E-state index < -0.39 is 0 Å². The standard InChI is InChI=1S/C9H20S/c1-4-5-6-9(10)7-8(2)3/h8-10H,4-7H2,1-3H3. The van der Waals surface area contributed by atoms with Gasteiger partial charge in [0.15, 0.2) is 0 Å². The summed E-state index contributed by atoms with van der Waals surface area (Å²) >= 11 is 4.50. The Morgan fingerprint density at radius 3 is 2.30 bits per heavy atom. The summed E-state index contributed by atoms with van der Waals surface area (Å²) in [7, 11) is 0. The monoisotopic (exact) mass is 160 g/mol. The van der Waals surface area contributed by atoms with Crippen LogP contribution in [-0.4, -0.2) is 5.25 Å². The molecule has 0 amide bonds. The minimum Gasteiger partial charge on any atom is -0.176 e. The lowest BCUT2D eigenvalue weighted by Crippen LogP contribution is -2.02. The molecule has 0 aromatic carbocycles. The number of rotatable bonds is 5. The summed E-state index contributed by atoms with van der Waals surface area (Å²) in [6.07, 6.45) is 5.19. The molecule has 1 unspecified atom stereocenters. The summed E-state index contributed by atoms with van der Waals surface area (Å²) in [5, 5.41) is 0.639. The Bertz CT molecular complexity index is 69.1. The molecule has 0 aromatic rings. The first kappa shape index (κ1) is 10.3. The molecule has 0 aliphatic carbocycles. The summed E-state index contributed by atoms with van der Waals surface area (Å²) in [6.45, 7) is 6.75. The van der Waals surface area contributed by atoms with Gasteiger partial charge in [0.2, 0.25) is 0 Å². The van der Waals surface area contributed by atoms with Gasteiger partial charge in [0.1, 0.15) is 0 Å². The fourth-order valence-electron chi connectivity index (χ4n) is 1.10. The molecular formula is C9H20S. The van der Waals surface area contributed by atoms with Crippen LogP contribution in [-0.2, 0) is 0 Å². The first-order valence-electron chi connectivity index (χ1n) is 4.34. The van der Waals surface area contributed by atoms with Crippen molar-refractivity contribution in [1.29, 1.82) is 0 Å². The Hall–Kier alpha value is 0.350. The highest BCUT2D eigenvalue weighted by Gasteiger charge is 2.03. The smallest absolute Gasteiger partial charge is 0.00192 e. The molecule has 0 nitrogen and oxygen atoms in total. The number of hydrogen-bond acceptors (Lipinski definition) is 1. The van der Waals surface area contributed by atoms with E-state index in [9.17, 15) is 0 Å². The second-order valence-electron chi connectivity index (χ2n) is 3.43. The number of hydrogen-bond donors (Lipinski definition) is 1. The predicted molar refractivity (Wildman–Crippen MR) is 51.8 cm³/mol. The molecular weight excluding hydrogens is 140 g/mol. The predicted octanol–water partition coefficient (Wildman–Crippen LogP) is 3.52. The molecule has 0 radical (unpaired) electrons. The van der Waals surface area contributed by atoms with E-state index in [-0.39, 0.29) is 0 Å². The normalized spacial score (nSPS) is 14.1. The highest BCUT2D eigenvalue weighted by Crippen LogP contribution is 2.15. The van der Waals surface area contributed by atoms with Gasteiger partial charge in [-0.25, -0.2) is 0 Å². The minimum atomic E-state index is 0.639. The van der Waals surface area contributed by atoms with Crippen molar-refractivity contribution in [2.75, 3.05) is 0 Å². The van der Waals surface area contributed by atoms with Crippen LogP contribution in [0.3, 0.4) is 0 Å². The van der Waals surface area contributed by atoms with Crippen molar-refractivity contribution in [2.24, 2.45) is 5.92 Å². The molecule has 0 fully saturated rings. The third kappa shape index (κ3) is 6.47. The summed E-state index contributed by atoms with van der Waals surface area (Å²) in [5.41, 5.74) is 0. The van der Waals surface area contributed by atoms with E-state index in [1.165, 1.54) is 25.7 Å². The van der Waals surface area contributed by atoms with Crippen molar-refractivity contribution in [1.82, 2.24) is 0 Å². The van der Waals surface area contributed by atoms with Gasteiger partial charge in [-0.3, -0.25) is 0 Å². The van der Waals surface area contributed by atoms with Gasteiger partial charge in [0, 0.05) is 5.25 Å². The first-order valence-corrected chi connectivity index (χ1v) is 4.86. The Kier molecular flexibility index (Phi) is 6.30. The second-order valence-corrected chi connectivity index (χ2v) is 4.16. The fourth-order valence-corrected chi connectivity index (χ4v) is 1.71. The van der Waals surface area contributed by atoms with Gasteiger partial charge in [-0.2, -0.15) is 12.6 Å². The highest BCUT2D eigenvalue weighted by molar-refractivity contribution is 7.80. The van der Waals surface area contributed by atoms with E-state index in [2.05, 4.69) is 33.4 Å². The van der Waals surface area contributed by atoms with E-state index in [0.29, 0.717) is 5.25 Å². The van der Waals surface area contributed by atoms with Crippen molar-refractivity contribution in [3.8, 4) is 0 Å². The maximum atomic E-state index is 4.50. The van der Waals surface area contributed by atoms with Gasteiger partial charge in [-0.1, -0.05) is 33.6 Å². The van der Waals surface area contributed by atoms with Gasteiger partial charge in [-0.15, -0.1) is 0 Å². The van der Waals surface area contributed by atoms with Crippen molar-refractivity contribution in [2.45, 2.75) is 51.7 Å². The van der Waals surface area contributed by atoms with Gasteiger partial charge in [-0.05, 0) is 18.8 Å². The molecule has 0 heterocycles. The number of thiol groups is 1. The zero-order valence-corrected chi connectivity index (χ0v) is 8.32. The average Bonchev–Trinajstić information content (AvgIpc) is 1.82. The average molecular weight is 160 g/mol.